The Labute approximate surface area is 139 Å². The fraction of sp³-hybridized carbons (Fsp3) is 0.444. The van der Waals surface area contributed by atoms with Crippen molar-refractivity contribution in [3.05, 3.63) is 34.7 Å². The molecule has 0 aliphatic rings. The number of fused-ring (bicyclic) bond motifs is 1. The smallest absolute Gasteiger partial charge is 0.116 e. The van der Waals surface area contributed by atoms with E-state index in [9.17, 15) is 0 Å². The van der Waals surface area contributed by atoms with Crippen molar-refractivity contribution in [2.75, 3.05) is 0 Å². The molecule has 0 unspecified atom stereocenters. The molecule has 0 aliphatic carbocycles. The Bertz CT molecular complexity index is 724. The van der Waals surface area contributed by atoms with Crippen LogP contribution in [0, 0.1) is 13.8 Å². The number of thiophene rings is 1. The third-order valence-corrected chi connectivity index (χ3v) is 4.41. The van der Waals surface area contributed by atoms with Crippen molar-refractivity contribution >= 4 is 22.4 Å². The number of nitrogens with zero attached hydrogens (tertiary/aromatic N) is 3. The summed E-state index contributed by atoms with van der Waals surface area (Å²) in [5.74, 6) is 0. The van der Waals surface area contributed by atoms with Gasteiger partial charge in [0.25, 0.3) is 0 Å². The molecule has 0 fully saturated rings. The molecule has 1 aromatic carbocycles. The van der Waals surface area contributed by atoms with Crippen LogP contribution in [-0.2, 0) is 0 Å². The molecule has 0 saturated carbocycles. The van der Waals surface area contributed by atoms with Gasteiger partial charge in [0.1, 0.15) is 11.0 Å². The fourth-order valence-corrected chi connectivity index (χ4v) is 3.04. The Morgan fingerprint density at radius 2 is 1.73 bits per heavy atom. The minimum Gasteiger partial charge on any atom is -0.181 e. The molecule has 122 valence electrons. The van der Waals surface area contributed by atoms with Gasteiger partial charge in [0, 0.05) is 4.88 Å². The Hall–Kier alpha value is -1.68. The number of hydrogen-bond donors (Lipinski definition) is 0. The molecule has 0 N–H and O–H groups in total. The van der Waals surface area contributed by atoms with Crippen LogP contribution in [0.5, 0.6) is 0 Å². The maximum absolute atomic E-state index is 4.60. The van der Waals surface area contributed by atoms with Gasteiger partial charge in [-0.15, -0.1) is 11.3 Å². The monoisotopic (exact) mass is 319 g/mol. The third kappa shape index (κ3) is 3.22. The van der Waals surface area contributed by atoms with Gasteiger partial charge in [0.05, 0.1) is 6.04 Å². The highest BCUT2D eigenvalue weighted by molar-refractivity contribution is 7.13. The summed E-state index contributed by atoms with van der Waals surface area (Å²) in [6, 6.07) is 6.70. The lowest BCUT2D eigenvalue weighted by Gasteiger charge is -2.06. The SMILES string of the molecule is C.C.C.Cc1c(-c2cccs2)cc2nn(C(C)C)nc2c1C. The Morgan fingerprint density at radius 1 is 1.05 bits per heavy atom. The minimum atomic E-state index is 0. The summed E-state index contributed by atoms with van der Waals surface area (Å²) in [4.78, 5) is 3.09. The van der Waals surface area contributed by atoms with Crippen molar-refractivity contribution in [2.24, 2.45) is 0 Å². The summed E-state index contributed by atoms with van der Waals surface area (Å²) in [6.45, 7) is 8.49. The lowest BCUT2D eigenvalue weighted by Crippen LogP contribution is -2.04. The van der Waals surface area contributed by atoms with Crippen LogP contribution in [0.4, 0.5) is 0 Å². The molecule has 0 saturated heterocycles. The molecular weight excluding hydrogens is 290 g/mol. The van der Waals surface area contributed by atoms with E-state index in [0.717, 1.165) is 11.0 Å². The Kier molecular flexibility index (Phi) is 6.97. The summed E-state index contributed by atoms with van der Waals surface area (Å²) in [7, 11) is 0. The van der Waals surface area contributed by atoms with Crippen LogP contribution >= 0.6 is 11.3 Å². The Balaban J connectivity index is 0.00000147. The molecule has 2 aromatic heterocycles. The molecule has 3 nitrogen and oxygen atoms in total. The van der Waals surface area contributed by atoms with Crippen LogP contribution in [0.15, 0.2) is 23.6 Å². The van der Waals surface area contributed by atoms with E-state index in [1.54, 1.807) is 16.1 Å². The molecule has 4 heteroatoms. The maximum Gasteiger partial charge on any atom is 0.116 e. The summed E-state index contributed by atoms with van der Waals surface area (Å²) < 4.78 is 0. The normalized spacial score (nSPS) is 10.0. The molecular formula is C18H29N3S. The molecule has 0 radical (unpaired) electrons. The number of rotatable bonds is 2. The van der Waals surface area contributed by atoms with E-state index < -0.39 is 0 Å². The van der Waals surface area contributed by atoms with Crippen LogP contribution in [-0.4, -0.2) is 15.0 Å². The largest absolute Gasteiger partial charge is 0.181 e. The zero-order valence-corrected chi connectivity index (χ0v) is 12.5. The highest BCUT2D eigenvalue weighted by Crippen LogP contribution is 2.33. The molecule has 0 atom stereocenters. The molecule has 0 spiro atoms. The summed E-state index contributed by atoms with van der Waals surface area (Å²) in [6.07, 6.45) is 0. The second-order valence-corrected chi connectivity index (χ2v) is 6.08. The van der Waals surface area contributed by atoms with Gasteiger partial charge in [-0.3, -0.25) is 0 Å². The van der Waals surface area contributed by atoms with Crippen LogP contribution in [0.2, 0.25) is 0 Å². The average Bonchev–Trinajstić information content (AvgIpc) is 3.02. The first-order valence-corrected chi connectivity index (χ1v) is 7.36. The van der Waals surface area contributed by atoms with Gasteiger partial charge >= 0.3 is 0 Å². The van der Waals surface area contributed by atoms with Gasteiger partial charge in [0.15, 0.2) is 0 Å². The molecule has 22 heavy (non-hydrogen) atoms. The van der Waals surface area contributed by atoms with Crippen molar-refractivity contribution in [2.45, 2.75) is 56.0 Å². The van der Waals surface area contributed by atoms with E-state index in [4.69, 9.17) is 0 Å². The van der Waals surface area contributed by atoms with E-state index in [2.05, 4.69) is 61.5 Å². The molecule has 3 aromatic rings. The van der Waals surface area contributed by atoms with E-state index in [0.29, 0.717) is 0 Å². The molecule has 2 heterocycles. The van der Waals surface area contributed by atoms with E-state index in [-0.39, 0.29) is 28.3 Å². The summed E-state index contributed by atoms with van der Waals surface area (Å²) >= 11 is 1.77. The average molecular weight is 320 g/mol. The lowest BCUT2D eigenvalue weighted by molar-refractivity contribution is 0.472. The van der Waals surface area contributed by atoms with E-state index in [1.165, 1.54) is 21.6 Å². The van der Waals surface area contributed by atoms with Gasteiger partial charge in [-0.2, -0.15) is 15.0 Å². The van der Waals surface area contributed by atoms with Crippen molar-refractivity contribution in [1.29, 1.82) is 0 Å². The van der Waals surface area contributed by atoms with Gasteiger partial charge < -0.3 is 0 Å². The molecule has 0 amide bonds. The first-order valence-electron chi connectivity index (χ1n) is 6.48. The van der Waals surface area contributed by atoms with Crippen molar-refractivity contribution in [3.63, 3.8) is 0 Å². The highest BCUT2D eigenvalue weighted by Gasteiger charge is 2.14. The first kappa shape index (κ1) is 20.3. The van der Waals surface area contributed by atoms with Gasteiger partial charge in [0.2, 0.25) is 0 Å². The molecule has 0 aliphatic heterocycles. The number of aryl methyl sites for hydroxylation is 1. The quantitative estimate of drug-likeness (QED) is 0.557. The van der Waals surface area contributed by atoms with Gasteiger partial charge in [-0.1, -0.05) is 28.3 Å². The van der Waals surface area contributed by atoms with Gasteiger partial charge in [-0.05, 0) is 61.9 Å². The zero-order chi connectivity index (χ0) is 13.6. The summed E-state index contributed by atoms with van der Waals surface area (Å²) in [5, 5.41) is 11.3. The predicted molar refractivity (Wildman–Crippen MR) is 101 cm³/mol. The topological polar surface area (TPSA) is 30.7 Å². The van der Waals surface area contributed by atoms with E-state index in [1.807, 2.05) is 0 Å². The van der Waals surface area contributed by atoms with Crippen LogP contribution in [0.3, 0.4) is 0 Å². The Morgan fingerprint density at radius 3 is 2.27 bits per heavy atom. The molecule has 3 rings (SSSR count). The third-order valence-electron chi connectivity index (χ3n) is 3.51. The maximum atomic E-state index is 4.60. The molecule has 0 bridgehead atoms. The second kappa shape index (κ2) is 7.54. The van der Waals surface area contributed by atoms with Gasteiger partial charge in [-0.25, -0.2) is 0 Å². The zero-order valence-electron chi connectivity index (χ0n) is 11.6. The fourth-order valence-electron chi connectivity index (χ4n) is 2.24. The van der Waals surface area contributed by atoms with Crippen LogP contribution in [0.1, 0.15) is 53.3 Å². The van der Waals surface area contributed by atoms with Crippen molar-refractivity contribution < 1.29 is 0 Å². The van der Waals surface area contributed by atoms with Crippen LogP contribution in [0.25, 0.3) is 21.5 Å². The number of benzene rings is 1. The first-order chi connectivity index (χ1) is 9.08. The van der Waals surface area contributed by atoms with Crippen molar-refractivity contribution in [1.82, 2.24) is 15.0 Å². The standard InChI is InChI=1S/C15H17N3S.3CH4/c1-9(2)18-16-13-8-12(14-6-5-7-19-14)10(3)11(4)15(13)17-18;;;/h5-9H,1-4H3;3*1H4. The van der Waals surface area contributed by atoms with Crippen LogP contribution < -0.4 is 0 Å². The lowest BCUT2D eigenvalue weighted by atomic mass is 10.0. The predicted octanol–water partition coefficient (Wildman–Crippen LogP) is 6.27. The van der Waals surface area contributed by atoms with Crippen molar-refractivity contribution in [3.8, 4) is 10.4 Å². The number of aromatic nitrogens is 3. The minimum absolute atomic E-state index is 0. The van der Waals surface area contributed by atoms with E-state index >= 15 is 0 Å². The summed E-state index contributed by atoms with van der Waals surface area (Å²) in [5.41, 5.74) is 5.81. The second-order valence-electron chi connectivity index (χ2n) is 5.13. The highest BCUT2D eigenvalue weighted by atomic mass is 32.1. The number of hydrogen-bond acceptors (Lipinski definition) is 3.